The maximum absolute atomic E-state index is 13.0. The summed E-state index contributed by atoms with van der Waals surface area (Å²) >= 11 is 1.56. The third-order valence-corrected chi connectivity index (χ3v) is 4.63. The van der Waals surface area contributed by atoms with Gasteiger partial charge in [-0.1, -0.05) is 6.07 Å². The number of benzene rings is 1. The van der Waals surface area contributed by atoms with Crippen LogP contribution in [0.3, 0.4) is 0 Å². The molecule has 0 radical (unpaired) electrons. The number of hydrogen-bond acceptors (Lipinski definition) is 5. The van der Waals surface area contributed by atoms with E-state index in [1.54, 1.807) is 29.5 Å². The van der Waals surface area contributed by atoms with Gasteiger partial charge in [0.15, 0.2) is 0 Å². The highest BCUT2D eigenvalue weighted by Gasteiger charge is 2.38. The van der Waals surface area contributed by atoms with Gasteiger partial charge in [-0.25, -0.2) is 4.79 Å². The maximum Gasteiger partial charge on any atom is 0.417 e. The lowest BCUT2D eigenvalue weighted by Gasteiger charge is -2.27. The van der Waals surface area contributed by atoms with Crippen molar-refractivity contribution in [2.45, 2.75) is 25.9 Å². The van der Waals surface area contributed by atoms with Crippen molar-refractivity contribution in [1.29, 1.82) is 5.26 Å². The predicted octanol–water partition coefficient (Wildman–Crippen LogP) is 3.95. The summed E-state index contributed by atoms with van der Waals surface area (Å²) in [6, 6.07) is 5.28. The summed E-state index contributed by atoms with van der Waals surface area (Å²) in [5.41, 5.74) is 5.23. The zero-order valence-electron chi connectivity index (χ0n) is 13.8. The highest BCUT2D eigenvalue weighted by molar-refractivity contribution is 14.1. The van der Waals surface area contributed by atoms with Crippen molar-refractivity contribution in [3.05, 3.63) is 55.7 Å². The number of hydrogen-bond donors (Lipinski definition) is 1. The van der Waals surface area contributed by atoms with Crippen molar-refractivity contribution in [3.8, 4) is 6.07 Å². The Morgan fingerprint density at radius 1 is 1.46 bits per heavy atom. The molecule has 2 N–H and O–H groups in total. The summed E-state index contributed by atoms with van der Waals surface area (Å²) in [6.07, 6.45) is -4.51. The fourth-order valence-electron chi connectivity index (χ4n) is 2.63. The lowest BCUT2D eigenvalue weighted by Crippen LogP contribution is -2.25. The summed E-state index contributed by atoms with van der Waals surface area (Å²) in [5, 5.41) is 9.44. The first-order valence-electron chi connectivity index (χ1n) is 7.43. The van der Waals surface area contributed by atoms with E-state index < -0.39 is 23.6 Å². The number of allylic oxidation sites excluding steroid dienone is 2. The molecule has 1 unspecified atom stereocenters. The van der Waals surface area contributed by atoms with Crippen LogP contribution in [0.25, 0.3) is 0 Å². The van der Waals surface area contributed by atoms with Crippen molar-refractivity contribution in [1.82, 2.24) is 0 Å². The van der Waals surface area contributed by atoms with E-state index in [1.807, 2.05) is 6.07 Å². The molecule has 0 saturated heterocycles. The van der Waals surface area contributed by atoms with Crippen molar-refractivity contribution in [2.24, 2.45) is 5.73 Å². The Balaban J connectivity index is 2.64. The number of nitriles is 1. The highest BCUT2D eigenvalue weighted by atomic mass is 127. The van der Waals surface area contributed by atoms with E-state index in [1.165, 1.54) is 19.1 Å². The van der Waals surface area contributed by atoms with Crippen molar-refractivity contribution in [3.63, 3.8) is 0 Å². The average molecular weight is 478 g/mol. The molecule has 0 amide bonds. The standard InChI is InChI=1S/C17H14F3IN2O3/c1-3-25-16(24)13-8(2)26-15(23)10(7-22)14(13)9-4-5-11(12(21)6-9)17(18,19)20/h4-6,14H,3,23H2,1-2H3. The molecule has 5 nitrogen and oxygen atoms in total. The van der Waals surface area contributed by atoms with Gasteiger partial charge in [-0.2, -0.15) is 18.4 Å². The van der Waals surface area contributed by atoms with E-state index in [2.05, 4.69) is 0 Å². The molecule has 0 bridgehead atoms. The van der Waals surface area contributed by atoms with Crippen LogP contribution in [-0.2, 0) is 20.4 Å². The number of carbonyl (C=O) groups is 1. The zero-order chi connectivity index (χ0) is 19.6. The summed E-state index contributed by atoms with van der Waals surface area (Å²) < 4.78 is 49.2. The summed E-state index contributed by atoms with van der Waals surface area (Å²) in [7, 11) is 0. The largest absolute Gasteiger partial charge is 0.463 e. The second kappa shape index (κ2) is 7.57. The van der Waals surface area contributed by atoms with E-state index in [-0.39, 0.29) is 33.0 Å². The Bertz CT molecular complexity index is 854. The van der Waals surface area contributed by atoms with Gasteiger partial charge in [0.1, 0.15) is 17.4 Å². The van der Waals surface area contributed by atoms with Gasteiger partial charge >= 0.3 is 12.1 Å². The molecule has 138 valence electrons. The van der Waals surface area contributed by atoms with E-state index >= 15 is 0 Å². The molecular formula is C17H14F3IN2O3. The molecule has 1 heterocycles. The number of nitrogens with zero attached hydrogens (tertiary/aromatic N) is 1. The van der Waals surface area contributed by atoms with Gasteiger partial charge in [0, 0.05) is 3.57 Å². The van der Waals surface area contributed by atoms with Crippen LogP contribution in [0.5, 0.6) is 0 Å². The number of ether oxygens (including phenoxy) is 2. The summed E-state index contributed by atoms with van der Waals surface area (Å²) in [6.45, 7) is 3.19. The topological polar surface area (TPSA) is 85.3 Å². The molecule has 0 aromatic heterocycles. The number of esters is 1. The molecular weight excluding hydrogens is 464 g/mol. The molecule has 0 fully saturated rings. The van der Waals surface area contributed by atoms with Crippen LogP contribution in [0.4, 0.5) is 13.2 Å². The van der Waals surface area contributed by atoms with Gasteiger partial charge in [0.2, 0.25) is 5.88 Å². The van der Waals surface area contributed by atoms with Gasteiger partial charge in [0.25, 0.3) is 0 Å². The van der Waals surface area contributed by atoms with Crippen LogP contribution < -0.4 is 5.73 Å². The van der Waals surface area contributed by atoms with Crippen LogP contribution in [0.2, 0.25) is 0 Å². The van der Waals surface area contributed by atoms with E-state index in [0.717, 1.165) is 6.07 Å². The fraction of sp³-hybridized carbons (Fsp3) is 0.294. The normalized spacial score (nSPS) is 17.7. The van der Waals surface area contributed by atoms with Gasteiger partial charge in [-0.3, -0.25) is 0 Å². The third kappa shape index (κ3) is 3.80. The highest BCUT2D eigenvalue weighted by Crippen LogP contribution is 2.41. The van der Waals surface area contributed by atoms with Crippen molar-refractivity contribution in [2.75, 3.05) is 6.61 Å². The Labute approximate surface area is 161 Å². The first kappa shape index (κ1) is 20.1. The van der Waals surface area contributed by atoms with Crippen molar-refractivity contribution >= 4 is 28.6 Å². The average Bonchev–Trinajstić information content (AvgIpc) is 2.52. The lowest BCUT2D eigenvalue weighted by molar-refractivity contribution is -0.139. The summed E-state index contributed by atoms with van der Waals surface area (Å²) in [4.78, 5) is 12.4. The molecule has 1 aromatic carbocycles. The van der Waals surface area contributed by atoms with E-state index in [4.69, 9.17) is 15.2 Å². The van der Waals surface area contributed by atoms with Gasteiger partial charge in [-0.15, -0.1) is 0 Å². The van der Waals surface area contributed by atoms with E-state index in [0.29, 0.717) is 5.56 Å². The summed E-state index contributed by atoms with van der Waals surface area (Å²) in [5.74, 6) is -1.74. The molecule has 0 saturated carbocycles. The number of nitrogens with two attached hydrogens (primary N) is 1. The number of carbonyl (C=O) groups excluding carboxylic acids is 1. The maximum atomic E-state index is 13.0. The van der Waals surface area contributed by atoms with Crippen LogP contribution in [0, 0.1) is 14.9 Å². The predicted molar refractivity (Wildman–Crippen MR) is 94.1 cm³/mol. The molecule has 0 spiro atoms. The van der Waals surface area contributed by atoms with Crippen LogP contribution >= 0.6 is 22.6 Å². The molecule has 1 aliphatic rings. The molecule has 1 atom stereocenters. The lowest BCUT2D eigenvalue weighted by atomic mass is 9.83. The quantitative estimate of drug-likeness (QED) is 0.526. The second-order valence-electron chi connectivity index (χ2n) is 5.35. The Morgan fingerprint density at radius 3 is 2.62 bits per heavy atom. The minimum Gasteiger partial charge on any atom is -0.463 e. The zero-order valence-corrected chi connectivity index (χ0v) is 15.9. The molecule has 9 heteroatoms. The molecule has 1 aromatic rings. The number of alkyl halides is 3. The third-order valence-electron chi connectivity index (χ3n) is 3.73. The van der Waals surface area contributed by atoms with Crippen LogP contribution in [0.1, 0.15) is 30.9 Å². The SMILES string of the molecule is CCOC(=O)C1=C(C)OC(N)=C(C#N)C1c1ccc(C(F)(F)F)c(I)c1. The van der Waals surface area contributed by atoms with E-state index in [9.17, 15) is 23.2 Å². The Kier molecular flexibility index (Phi) is 5.85. The van der Waals surface area contributed by atoms with Crippen molar-refractivity contribution < 1.29 is 27.4 Å². The van der Waals surface area contributed by atoms with Crippen LogP contribution in [0.15, 0.2) is 41.0 Å². The second-order valence-corrected chi connectivity index (χ2v) is 6.51. The Morgan fingerprint density at radius 2 is 2.12 bits per heavy atom. The first-order valence-corrected chi connectivity index (χ1v) is 8.51. The number of rotatable bonds is 3. The molecule has 2 rings (SSSR count). The fourth-order valence-corrected chi connectivity index (χ4v) is 3.47. The molecule has 0 aliphatic carbocycles. The molecule has 1 aliphatic heterocycles. The first-order chi connectivity index (χ1) is 12.1. The van der Waals surface area contributed by atoms with Gasteiger partial charge in [-0.05, 0) is 54.1 Å². The Hall–Kier alpha value is -2.22. The monoisotopic (exact) mass is 478 g/mol. The number of halogens is 4. The van der Waals surface area contributed by atoms with Gasteiger partial charge < -0.3 is 15.2 Å². The minimum atomic E-state index is -4.51. The minimum absolute atomic E-state index is 0.0353. The smallest absolute Gasteiger partial charge is 0.417 e. The van der Waals surface area contributed by atoms with Crippen LogP contribution in [-0.4, -0.2) is 12.6 Å². The van der Waals surface area contributed by atoms with Gasteiger partial charge in [0.05, 0.1) is 23.7 Å². The molecule has 26 heavy (non-hydrogen) atoms.